The number of amides is 1. The van der Waals surface area contributed by atoms with Crippen LogP contribution in [0.3, 0.4) is 0 Å². The van der Waals surface area contributed by atoms with E-state index >= 15 is 0 Å². The minimum Gasteiger partial charge on any atom is -0.497 e. The Morgan fingerprint density at radius 1 is 1.60 bits per heavy atom. The van der Waals surface area contributed by atoms with E-state index in [4.69, 9.17) is 20.3 Å². The number of ether oxygens (including phenoxy) is 2. The molecule has 6 heteroatoms. The van der Waals surface area contributed by atoms with Crippen LogP contribution in [0.15, 0.2) is 18.2 Å². The molecular formula is C14H20N2O4. The molecule has 0 bridgehead atoms. The van der Waals surface area contributed by atoms with Crippen LogP contribution in [0, 0.1) is 0 Å². The molecule has 1 fully saturated rings. The van der Waals surface area contributed by atoms with Gasteiger partial charge in [0.15, 0.2) is 0 Å². The Balaban J connectivity index is 2.21. The van der Waals surface area contributed by atoms with Crippen LogP contribution in [0.5, 0.6) is 5.75 Å². The quantitative estimate of drug-likeness (QED) is 0.788. The van der Waals surface area contributed by atoms with E-state index in [0.29, 0.717) is 30.2 Å². The van der Waals surface area contributed by atoms with Crippen molar-refractivity contribution in [3.63, 3.8) is 0 Å². The highest BCUT2D eigenvalue weighted by Gasteiger charge is 2.30. The zero-order valence-electron chi connectivity index (χ0n) is 11.7. The fourth-order valence-electron chi connectivity index (χ4n) is 2.23. The van der Waals surface area contributed by atoms with Gasteiger partial charge in [0, 0.05) is 18.3 Å². The molecule has 1 aromatic carbocycles. The van der Waals surface area contributed by atoms with Gasteiger partial charge in [-0.2, -0.15) is 0 Å². The molecule has 1 aromatic rings. The van der Waals surface area contributed by atoms with Crippen molar-refractivity contribution >= 4 is 11.6 Å². The molecular weight excluding hydrogens is 260 g/mol. The van der Waals surface area contributed by atoms with Crippen molar-refractivity contribution in [2.45, 2.75) is 19.1 Å². The summed E-state index contributed by atoms with van der Waals surface area (Å²) in [5, 5.41) is 9.17. The molecule has 3 N–H and O–H groups in total. The zero-order valence-corrected chi connectivity index (χ0v) is 11.7. The minimum atomic E-state index is -0.338. The topological polar surface area (TPSA) is 85.0 Å². The average molecular weight is 280 g/mol. The molecule has 0 radical (unpaired) electrons. The summed E-state index contributed by atoms with van der Waals surface area (Å²) < 4.78 is 10.5. The van der Waals surface area contributed by atoms with Crippen LogP contribution < -0.4 is 10.5 Å². The molecule has 2 atom stereocenters. The summed E-state index contributed by atoms with van der Waals surface area (Å²) in [6.07, 6.45) is -0.338. The predicted molar refractivity (Wildman–Crippen MR) is 74.7 cm³/mol. The highest BCUT2D eigenvalue weighted by molar-refractivity contribution is 5.99. The number of anilines is 1. The van der Waals surface area contributed by atoms with Gasteiger partial charge in [-0.25, -0.2) is 0 Å². The monoisotopic (exact) mass is 280 g/mol. The molecule has 0 aliphatic carbocycles. The first-order valence-corrected chi connectivity index (χ1v) is 6.53. The molecule has 6 nitrogen and oxygen atoms in total. The van der Waals surface area contributed by atoms with Gasteiger partial charge in [0.25, 0.3) is 5.91 Å². The van der Waals surface area contributed by atoms with Crippen molar-refractivity contribution in [3.8, 4) is 5.75 Å². The molecule has 2 unspecified atom stereocenters. The first-order chi connectivity index (χ1) is 9.56. The van der Waals surface area contributed by atoms with Crippen LogP contribution in [0.25, 0.3) is 0 Å². The lowest BCUT2D eigenvalue weighted by Crippen LogP contribution is -2.52. The standard InChI is InChI=1S/C14H20N2O4/c1-9-8-20-11(7-17)6-16(9)14(18)12-4-3-10(19-2)5-13(12)15/h3-5,9,11,17H,6-8,15H2,1-2H3. The fraction of sp³-hybridized carbons (Fsp3) is 0.500. The molecule has 20 heavy (non-hydrogen) atoms. The second-order valence-electron chi connectivity index (χ2n) is 4.90. The third kappa shape index (κ3) is 2.86. The summed E-state index contributed by atoms with van der Waals surface area (Å²) >= 11 is 0. The number of benzene rings is 1. The summed E-state index contributed by atoms with van der Waals surface area (Å²) in [6.45, 7) is 2.58. The maximum atomic E-state index is 12.6. The van der Waals surface area contributed by atoms with Crippen LogP contribution in [0.4, 0.5) is 5.69 Å². The molecule has 0 spiro atoms. The van der Waals surface area contributed by atoms with E-state index < -0.39 is 0 Å². The van der Waals surface area contributed by atoms with Crippen molar-refractivity contribution in [2.75, 3.05) is 32.6 Å². The number of nitrogen functional groups attached to an aromatic ring is 1. The van der Waals surface area contributed by atoms with Gasteiger partial charge < -0.3 is 25.2 Å². The van der Waals surface area contributed by atoms with E-state index in [0.717, 1.165) is 0 Å². The lowest BCUT2D eigenvalue weighted by molar-refractivity contribution is -0.0667. The first kappa shape index (κ1) is 14.6. The fourth-order valence-corrected chi connectivity index (χ4v) is 2.23. The van der Waals surface area contributed by atoms with E-state index in [1.54, 1.807) is 30.2 Å². The van der Waals surface area contributed by atoms with Gasteiger partial charge >= 0.3 is 0 Å². The number of rotatable bonds is 3. The molecule has 1 aliphatic heterocycles. The Kier molecular flexibility index (Phi) is 4.46. The molecule has 110 valence electrons. The van der Waals surface area contributed by atoms with E-state index in [2.05, 4.69) is 0 Å². The normalized spacial score (nSPS) is 22.6. The largest absolute Gasteiger partial charge is 0.497 e. The number of hydrogen-bond donors (Lipinski definition) is 2. The third-order valence-corrected chi connectivity index (χ3v) is 3.46. The SMILES string of the molecule is COc1ccc(C(=O)N2CC(CO)OCC2C)c(N)c1. The van der Waals surface area contributed by atoms with E-state index in [9.17, 15) is 4.79 Å². The second kappa shape index (κ2) is 6.11. The molecule has 1 heterocycles. The highest BCUT2D eigenvalue weighted by Crippen LogP contribution is 2.23. The van der Waals surface area contributed by atoms with Crippen LogP contribution in [-0.4, -0.2) is 54.9 Å². The summed E-state index contributed by atoms with van der Waals surface area (Å²) in [7, 11) is 1.55. The summed E-state index contributed by atoms with van der Waals surface area (Å²) in [4.78, 5) is 14.2. The van der Waals surface area contributed by atoms with Crippen LogP contribution in [-0.2, 0) is 4.74 Å². The number of carbonyl (C=O) groups is 1. The zero-order chi connectivity index (χ0) is 14.7. The van der Waals surface area contributed by atoms with E-state index in [-0.39, 0.29) is 24.7 Å². The van der Waals surface area contributed by atoms with E-state index in [1.807, 2.05) is 6.92 Å². The number of nitrogens with two attached hydrogens (primary N) is 1. The molecule has 1 saturated heterocycles. The predicted octanol–water partition coefficient (Wildman–Crippen LogP) is 0.499. The van der Waals surface area contributed by atoms with Crippen molar-refractivity contribution in [3.05, 3.63) is 23.8 Å². The van der Waals surface area contributed by atoms with Crippen LogP contribution in [0.2, 0.25) is 0 Å². The molecule has 1 aliphatic rings. The number of hydrogen-bond acceptors (Lipinski definition) is 5. The Morgan fingerprint density at radius 3 is 2.95 bits per heavy atom. The van der Waals surface area contributed by atoms with Crippen molar-refractivity contribution in [1.82, 2.24) is 4.90 Å². The minimum absolute atomic E-state index is 0.0493. The van der Waals surface area contributed by atoms with Gasteiger partial charge in [-0.3, -0.25) is 4.79 Å². The highest BCUT2D eigenvalue weighted by atomic mass is 16.5. The Hall–Kier alpha value is -1.79. The van der Waals surface area contributed by atoms with Gasteiger partial charge in [0.2, 0.25) is 0 Å². The Morgan fingerprint density at radius 2 is 2.35 bits per heavy atom. The maximum absolute atomic E-state index is 12.6. The molecule has 0 aromatic heterocycles. The molecule has 1 amide bonds. The van der Waals surface area contributed by atoms with Crippen molar-refractivity contribution in [1.29, 1.82) is 0 Å². The number of morpholine rings is 1. The summed E-state index contributed by atoms with van der Waals surface area (Å²) in [5.41, 5.74) is 6.73. The number of aliphatic hydroxyl groups is 1. The lowest BCUT2D eigenvalue weighted by Gasteiger charge is -2.37. The average Bonchev–Trinajstić information content (AvgIpc) is 2.47. The van der Waals surface area contributed by atoms with Crippen LogP contribution in [0.1, 0.15) is 17.3 Å². The maximum Gasteiger partial charge on any atom is 0.256 e. The molecule has 0 saturated carbocycles. The Bertz CT molecular complexity index is 492. The van der Waals surface area contributed by atoms with Gasteiger partial charge in [-0.1, -0.05) is 0 Å². The van der Waals surface area contributed by atoms with Gasteiger partial charge in [0.1, 0.15) is 5.75 Å². The second-order valence-corrected chi connectivity index (χ2v) is 4.90. The van der Waals surface area contributed by atoms with Crippen molar-refractivity contribution in [2.24, 2.45) is 0 Å². The van der Waals surface area contributed by atoms with Crippen LogP contribution >= 0.6 is 0 Å². The van der Waals surface area contributed by atoms with Crippen molar-refractivity contribution < 1.29 is 19.4 Å². The summed E-state index contributed by atoms with van der Waals surface area (Å²) in [5.74, 6) is 0.460. The number of carbonyl (C=O) groups excluding carboxylic acids is 1. The number of methoxy groups -OCH3 is 1. The summed E-state index contributed by atoms with van der Waals surface area (Å²) in [6, 6.07) is 4.94. The smallest absolute Gasteiger partial charge is 0.256 e. The Labute approximate surface area is 118 Å². The first-order valence-electron chi connectivity index (χ1n) is 6.53. The van der Waals surface area contributed by atoms with E-state index in [1.165, 1.54) is 0 Å². The van der Waals surface area contributed by atoms with Gasteiger partial charge in [0.05, 0.1) is 38.0 Å². The number of aliphatic hydroxyl groups excluding tert-OH is 1. The third-order valence-electron chi connectivity index (χ3n) is 3.46. The molecule has 2 rings (SSSR count). The van der Waals surface area contributed by atoms with Gasteiger partial charge in [-0.05, 0) is 19.1 Å². The number of nitrogens with zero attached hydrogens (tertiary/aromatic N) is 1. The van der Waals surface area contributed by atoms with Gasteiger partial charge in [-0.15, -0.1) is 0 Å². The lowest BCUT2D eigenvalue weighted by atomic mass is 10.1.